The summed E-state index contributed by atoms with van der Waals surface area (Å²) >= 11 is 0. The van der Waals surface area contributed by atoms with E-state index >= 15 is 0 Å². The van der Waals surface area contributed by atoms with Crippen molar-refractivity contribution in [3.8, 4) is 0 Å². The van der Waals surface area contributed by atoms with Crippen LogP contribution in [0.2, 0.25) is 0 Å². The van der Waals surface area contributed by atoms with Crippen LogP contribution in [-0.2, 0) is 14.3 Å². The normalized spacial score (nSPS) is 13.1. The van der Waals surface area contributed by atoms with Gasteiger partial charge in [-0.2, -0.15) is 0 Å². The summed E-state index contributed by atoms with van der Waals surface area (Å²) in [5.41, 5.74) is 0. The van der Waals surface area contributed by atoms with Gasteiger partial charge in [-0.25, -0.2) is 0 Å². The molecular weight excluding hydrogens is 160 g/mol. The summed E-state index contributed by atoms with van der Waals surface area (Å²) < 4.78 is 9.66. The Labute approximate surface area is 72.5 Å². The fourth-order valence-corrected chi connectivity index (χ4v) is 0.565. The highest BCUT2D eigenvalue weighted by atomic mass is 16.5. The largest absolute Gasteiger partial charge is 0.463 e. The lowest BCUT2D eigenvalue weighted by Gasteiger charge is -2.12. The van der Waals surface area contributed by atoms with Gasteiger partial charge in [-0.05, 0) is 13.8 Å². The van der Waals surface area contributed by atoms with Crippen LogP contribution < -0.4 is 0 Å². The van der Waals surface area contributed by atoms with Gasteiger partial charge in [0.2, 0.25) is 0 Å². The second kappa shape index (κ2) is 5.97. The van der Waals surface area contributed by atoms with Gasteiger partial charge in [-0.15, -0.1) is 0 Å². The molecule has 1 atom stereocenters. The van der Waals surface area contributed by atoms with E-state index in [4.69, 9.17) is 9.84 Å². The lowest BCUT2D eigenvalue weighted by Crippen LogP contribution is -2.24. The molecule has 0 spiro atoms. The third-order valence-electron chi connectivity index (χ3n) is 1.10. The van der Waals surface area contributed by atoms with Crippen molar-refractivity contribution in [2.75, 3.05) is 13.2 Å². The Morgan fingerprint density at radius 1 is 1.42 bits per heavy atom. The standard InChI is InChI=1S/C8H16O4/c1-6(2)11-4-8(10)5-12-7(3)9/h6,8,10H,4-5H2,1-3H3. The van der Waals surface area contributed by atoms with Crippen LogP contribution >= 0.6 is 0 Å². The van der Waals surface area contributed by atoms with Gasteiger partial charge < -0.3 is 14.6 Å². The van der Waals surface area contributed by atoms with E-state index in [1.54, 1.807) is 0 Å². The summed E-state index contributed by atoms with van der Waals surface area (Å²) in [6, 6.07) is 0. The molecule has 12 heavy (non-hydrogen) atoms. The van der Waals surface area contributed by atoms with Crippen molar-refractivity contribution in [1.29, 1.82) is 0 Å². The maximum Gasteiger partial charge on any atom is 0.302 e. The summed E-state index contributed by atoms with van der Waals surface area (Å²) in [5.74, 6) is -0.390. The number of aliphatic hydroxyl groups excluding tert-OH is 1. The Morgan fingerprint density at radius 3 is 2.42 bits per heavy atom. The average Bonchev–Trinajstić information content (AvgIpc) is 1.96. The van der Waals surface area contributed by atoms with E-state index < -0.39 is 12.1 Å². The van der Waals surface area contributed by atoms with Crippen LogP contribution in [0.15, 0.2) is 0 Å². The lowest BCUT2D eigenvalue weighted by atomic mass is 10.4. The van der Waals surface area contributed by atoms with E-state index in [-0.39, 0.29) is 19.3 Å². The first-order valence-corrected chi connectivity index (χ1v) is 3.95. The van der Waals surface area contributed by atoms with Crippen LogP contribution in [-0.4, -0.2) is 36.5 Å². The third-order valence-corrected chi connectivity index (χ3v) is 1.10. The Morgan fingerprint density at radius 2 is 2.00 bits per heavy atom. The van der Waals surface area contributed by atoms with Crippen molar-refractivity contribution in [2.24, 2.45) is 0 Å². The number of hydrogen-bond acceptors (Lipinski definition) is 4. The number of carbonyl (C=O) groups excluding carboxylic acids is 1. The number of ether oxygens (including phenoxy) is 2. The molecule has 4 nitrogen and oxygen atoms in total. The number of carbonyl (C=O) groups is 1. The molecule has 0 aliphatic heterocycles. The molecule has 1 unspecified atom stereocenters. The zero-order valence-electron chi connectivity index (χ0n) is 7.74. The fraction of sp³-hybridized carbons (Fsp3) is 0.875. The van der Waals surface area contributed by atoms with Crippen LogP contribution in [0, 0.1) is 0 Å². The van der Waals surface area contributed by atoms with E-state index in [1.807, 2.05) is 13.8 Å². The molecule has 4 heteroatoms. The van der Waals surface area contributed by atoms with Crippen LogP contribution in [0.4, 0.5) is 0 Å². The van der Waals surface area contributed by atoms with Crippen molar-refractivity contribution in [2.45, 2.75) is 33.0 Å². The summed E-state index contributed by atoms with van der Waals surface area (Å²) in [4.78, 5) is 10.3. The first kappa shape index (κ1) is 11.4. The first-order valence-electron chi connectivity index (χ1n) is 3.95. The van der Waals surface area contributed by atoms with Crippen LogP contribution in [0.1, 0.15) is 20.8 Å². The minimum atomic E-state index is -0.726. The highest BCUT2D eigenvalue weighted by Gasteiger charge is 2.06. The SMILES string of the molecule is CC(=O)OCC(O)COC(C)C. The minimum absolute atomic E-state index is 0.00204. The molecule has 0 saturated heterocycles. The molecule has 0 aromatic carbocycles. The number of aliphatic hydroxyl groups is 1. The molecule has 0 aliphatic rings. The summed E-state index contributed by atoms with van der Waals surface area (Å²) in [6.07, 6.45) is -0.645. The van der Waals surface area contributed by atoms with Gasteiger partial charge in [-0.1, -0.05) is 0 Å². The molecule has 0 radical (unpaired) electrons. The zero-order valence-corrected chi connectivity index (χ0v) is 7.74. The Hall–Kier alpha value is -0.610. The third kappa shape index (κ3) is 7.50. The zero-order chi connectivity index (χ0) is 9.56. The van der Waals surface area contributed by atoms with Gasteiger partial charge in [0.25, 0.3) is 0 Å². The van der Waals surface area contributed by atoms with Crippen LogP contribution in [0.25, 0.3) is 0 Å². The van der Waals surface area contributed by atoms with Crippen molar-refractivity contribution in [3.05, 3.63) is 0 Å². The first-order chi connectivity index (χ1) is 5.52. The predicted octanol–water partition coefficient (Wildman–Crippen LogP) is 0.335. The molecule has 0 rings (SSSR count). The van der Waals surface area contributed by atoms with Gasteiger partial charge in [0.05, 0.1) is 12.7 Å². The molecule has 0 aromatic heterocycles. The van der Waals surface area contributed by atoms with Gasteiger partial charge >= 0.3 is 5.97 Å². The van der Waals surface area contributed by atoms with E-state index in [2.05, 4.69) is 4.74 Å². The smallest absolute Gasteiger partial charge is 0.302 e. The molecule has 72 valence electrons. The van der Waals surface area contributed by atoms with Crippen molar-refractivity contribution < 1.29 is 19.4 Å². The van der Waals surface area contributed by atoms with Crippen LogP contribution in [0.3, 0.4) is 0 Å². The molecule has 1 N–H and O–H groups in total. The van der Waals surface area contributed by atoms with E-state index in [1.165, 1.54) is 6.92 Å². The Kier molecular flexibility index (Phi) is 5.66. The maximum atomic E-state index is 10.3. The average molecular weight is 176 g/mol. The molecule has 0 aromatic rings. The molecule has 0 heterocycles. The van der Waals surface area contributed by atoms with Gasteiger partial charge in [0.15, 0.2) is 0 Å². The predicted molar refractivity (Wildman–Crippen MR) is 43.7 cm³/mol. The summed E-state index contributed by atoms with van der Waals surface area (Å²) in [5, 5.41) is 9.14. The Balaban J connectivity index is 3.33. The molecule has 0 saturated carbocycles. The number of rotatable bonds is 5. The topological polar surface area (TPSA) is 55.8 Å². The Bertz CT molecular complexity index is 133. The molecule has 0 amide bonds. The number of hydrogen-bond donors (Lipinski definition) is 1. The molecule has 0 fully saturated rings. The van der Waals surface area contributed by atoms with E-state index in [9.17, 15) is 4.79 Å². The molecular formula is C8H16O4. The quantitative estimate of drug-likeness (QED) is 0.613. The molecule has 0 bridgehead atoms. The summed E-state index contributed by atoms with van der Waals surface area (Å²) in [7, 11) is 0. The van der Waals surface area contributed by atoms with Gasteiger partial charge in [0.1, 0.15) is 12.7 Å². The lowest BCUT2D eigenvalue weighted by molar-refractivity contribution is -0.145. The van der Waals surface area contributed by atoms with E-state index in [0.717, 1.165) is 0 Å². The highest BCUT2D eigenvalue weighted by molar-refractivity contribution is 5.65. The van der Waals surface area contributed by atoms with Crippen molar-refractivity contribution in [3.63, 3.8) is 0 Å². The summed E-state index contributed by atoms with van der Waals surface area (Å²) in [6.45, 7) is 5.25. The monoisotopic (exact) mass is 176 g/mol. The fourth-order valence-electron chi connectivity index (χ4n) is 0.565. The van der Waals surface area contributed by atoms with Crippen molar-refractivity contribution in [1.82, 2.24) is 0 Å². The second-order valence-electron chi connectivity index (χ2n) is 2.84. The highest BCUT2D eigenvalue weighted by Crippen LogP contribution is 1.92. The number of esters is 1. The van der Waals surface area contributed by atoms with Crippen molar-refractivity contribution >= 4 is 5.97 Å². The molecule has 0 aliphatic carbocycles. The van der Waals surface area contributed by atoms with Crippen LogP contribution in [0.5, 0.6) is 0 Å². The van der Waals surface area contributed by atoms with E-state index in [0.29, 0.717) is 0 Å². The second-order valence-corrected chi connectivity index (χ2v) is 2.84. The maximum absolute atomic E-state index is 10.3. The minimum Gasteiger partial charge on any atom is -0.463 e. The van der Waals surface area contributed by atoms with Gasteiger partial charge in [-0.3, -0.25) is 4.79 Å². The van der Waals surface area contributed by atoms with Gasteiger partial charge in [0, 0.05) is 6.92 Å².